The zero-order chi connectivity index (χ0) is 12.3. The second-order valence-electron chi connectivity index (χ2n) is 4.84. The molecule has 17 heavy (non-hydrogen) atoms. The quantitative estimate of drug-likeness (QED) is 0.804. The molecule has 0 spiro atoms. The largest absolute Gasteiger partial charge is 0.372 e. The Bertz CT molecular complexity index is 352. The molecule has 0 amide bonds. The first-order chi connectivity index (χ1) is 8.19. The molecule has 0 radical (unpaired) electrons. The van der Waals surface area contributed by atoms with Crippen LogP contribution in [0.2, 0.25) is 0 Å². The maximum absolute atomic E-state index is 5.84. The molecule has 0 bridgehead atoms. The molecule has 1 aliphatic rings. The lowest BCUT2D eigenvalue weighted by Crippen LogP contribution is -2.31. The highest BCUT2D eigenvalue weighted by atomic mass is 16.5. The molecule has 1 aliphatic heterocycles. The number of rotatable bonds is 5. The highest BCUT2D eigenvalue weighted by Crippen LogP contribution is 2.19. The van der Waals surface area contributed by atoms with Gasteiger partial charge in [0.2, 0.25) is 0 Å². The van der Waals surface area contributed by atoms with Crippen LogP contribution in [0.4, 0.5) is 0 Å². The van der Waals surface area contributed by atoms with Crippen LogP contribution in [0.5, 0.6) is 0 Å². The number of hydrogen-bond donors (Lipinski definition) is 1. The van der Waals surface area contributed by atoms with Gasteiger partial charge in [-0.05, 0) is 19.9 Å². The van der Waals surface area contributed by atoms with Crippen LogP contribution < -0.4 is 5.73 Å². The second-order valence-corrected chi connectivity index (χ2v) is 4.84. The van der Waals surface area contributed by atoms with Crippen molar-refractivity contribution < 1.29 is 4.74 Å². The molecule has 1 aromatic rings. The summed E-state index contributed by atoms with van der Waals surface area (Å²) in [6.45, 7) is 2.44. The molecule has 1 fully saturated rings. The predicted molar refractivity (Wildman–Crippen MR) is 66.5 cm³/mol. The van der Waals surface area contributed by atoms with Gasteiger partial charge in [0.05, 0.1) is 18.8 Å². The van der Waals surface area contributed by atoms with E-state index in [1.165, 1.54) is 0 Å². The van der Waals surface area contributed by atoms with Gasteiger partial charge in [-0.15, -0.1) is 0 Å². The van der Waals surface area contributed by atoms with Crippen LogP contribution in [0.3, 0.4) is 0 Å². The van der Waals surface area contributed by atoms with Crippen LogP contribution in [0, 0.1) is 0 Å². The third kappa shape index (κ3) is 3.28. The van der Waals surface area contributed by atoms with Crippen LogP contribution in [0.15, 0.2) is 12.4 Å². The highest BCUT2D eigenvalue weighted by Gasteiger charge is 2.25. The van der Waals surface area contributed by atoms with Crippen molar-refractivity contribution in [2.24, 2.45) is 12.8 Å². The second kappa shape index (κ2) is 5.62. The maximum atomic E-state index is 5.84. The van der Waals surface area contributed by atoms with Crippen LogP contribution in [0.25, 0.3) is 0 Å². The summed E-state index contributed by atoms with van der Waals surface area (Å²) >= 11 is 0. The Labute approximate surface area is 103 Å². The number of ether oxygens (including phenoxy) is 1. The average molecular weight is 238 g/mol. The van der Waals surface area contributed by atoms with E-state index in [0.717, 1.165) is 31.8 Å². The minimum atomic E-state index is 0.265. The first-order valence-electron chi connectivity index (χ1n) is 6.19. The van der Waals surface area contributed by atoms with Crippen molar-refractivity contribution in [3.63, 3.8) is 0 Å². The molecule has 5 heteroatoms. The van der Waals surface area contributed by atoms with E-state index in [-0.39, 0.29) is 6.10 Å². The number of nitrogens with two attached hydrogens (primary N) is 1. The van der Waals surface area contributed by atoms with Crippen molar-refractivity contribution in [2.45, 2.75) is 31.6 Å². The lowest BCUT2D eigenvalue weighted by molar-refractivity contribution is 0.0301. The van der Waals surface area contributed by atoms with Gasteiger partial charge in [-0.3, -0.25) is 4.90 Å². The number of hydrogen-bond acceptors (Lipinski definition) is 4. The fraction of sp³-hybridized carbons (Fsp3) is 0.750. The number of likely N-dealkylation sites (N-methyl/N-ethyl adjacent to an activating group) is 1. The Morgan fingerprint density at radius 3 is 2.88 bits per heavy atom. The number of aryl methyl sites for hydroxylation is 1. The third-order valence-electron chi connectivity index (χ3n) is 3.31. The van der Waals surface area contributed by atoms with E-state index in [9.17, 15) is 0 Å². The Morgan fingerprint density at radius 1 is 1.53 bits per heavy atom. The van der Waals surface area contributed by atoms with Crippen molar-refractivity contribution in [3.05, 3.63) is 18.2 Å². The SMILES string of the molecule is CN(Cc1nccn1C)CC1CCC(CN)O1. The van der Waals surface area contributed by atoms with E-state index >= 15 is 0 Å². The molecular formula is C12H22N4O. The first kappa shape index (κ1) is 12.5. The highest BCUT2D eigenvalue weighted by molar-refractivity contribution is 4.91. The van der Waals surface area contributed by atoms with Crippen LogP contribution in [-0.4, -0.2) is 46.8 Å². The van der Waals surface area contributed by atoms with Crippen molar-refractivity contribution in [3.8, 4) is 0 Å². The molecule has 0 saturated carbocycles. The zero-order valence-electron chi connectivity index (χ0n) is 10.7. The van der Waals surface area contributed by atoms with E-state index < -0.39 is 0 Å². The first-order valence-corrected chi connectivity index (χ1v) is 6.19. The molecule has 0 aliphatic carbocycles. The lowest BCUT2D eigenvalue weighted by atomic mass is 10.2. The van der Waals surface area contributed by atoms with Gasteiger partial charge in [0, 0.05) is 32.5 Å². The normalized spacial score (nSPS) is 24.7. The van der Waals surface area contributed by atoms with E-state index in [1.54, 1.807) is 0 Å². The molecule has 1 saturated heterocycles. The summed E-state index contributed by atoms with van der Waals surface area (Å²) in [4.78, 5) is 6.58. The topological polar surface area (TPSA) is 56.3 Å². The summed E-state index contributed by atoms with van der Waals surface area (Å²) < 4.78 is 7.89. The molecule has 2 heterocycles. The number of nitrogens with zero attached hydrogens (tertiary/aromatic N) is 3. The van der Waals surface area contributed by atoms with Crippen molar-refractivity contribution >= 4 is 0 Å². The predicted octanol–water partition coefficient (Wildman–Crippen LogP) is 0.358. The van der Waals surface area contributed by atoms with Crippen molar-refractivity contribution in [1.29, 1.82) is 0 Å². The van der Waals surface area contributed by atoms with Crippen molar-refractivity contribution in [1.82, 2.24) is 14.5 Å². The summed E-state index contributed by atoms with van der Waals surface area (Å²) in [5.74, 6) is 1.08. The van der Waals surface area contributed by atoms with E-state index in [1.807, 2.05) is 19.4 Å². The summed E-state index contributed by atoms with van der Waals surface area (Å²) in [5, 5.41) is 0. The van der Waals surface area contributed by atoms with Crippen molar-refractivity contribution in [2.75, 3.05) is 20.1 Å². The standard InChI is InChI=1S/C12H22N4O/c1-15(9-12-14-5-6-16(12)2)8-11-4-3-10(7-13)17-11/h5-6,10-11H,3-4,7-9,13H2,1-2H3. The molecule has 96 valence electrons. The van der Waals surface area contributed by atoms with Crippen LogP contribution in [0.1, 0.15) is 18.7 Å². The van der Waals surface area contributed by atoms with Gasteiger partial charge >= 0.3 is 0 Å². The minimum absolute atomic E-state index is 0.265. The summed E-state index contributed by atoms with van der Waals surface area (Å²) in [6, 6.07) is 0. The maximum Gasteiger partial charge on any atom is 0.122 e. The minimum Gasteiger partial charge on any atom is -0.372 e. The van der Waals surface area contributed by atoms with Gasteiger partial charge in [-0.25, -0.2) is 4.98 Å². The Kier molecular flexibility index (Phi) is 4.15. The van der Waals surface area contributed by atoms with Gasteiger partial charge in [0.25, 0.3) is 0 Å². The Balaban J connectivity index is 1.78. The monoisotopic (exact) mass is 238 g/mol. The summed E-state index contributed by atoms with van der Waals surface area (Å²) in [6.07, 6.45) is 6.61. The van der Waals surface area contributed by atoms with Gasteiger partial charge in [0.15, 0.2) is 0 Å². The fourth-order valence-corrected chi connectivity index (χ4v) is 2.29. The van der Waals surface area contributed by atoms with Gasteiger partial charge < -0.3 is 15.0 Å². The molecule has 2 atom stereocenters. The summed E-state index contributed by atoms with van der Waals surface area (Å²) in [7, 11) is 4.13. The Hall–Kier alpha value is -0.910. The van der Waals surface area contributed by atoms with E-state index in [4.69, 9.17) is 10.5 Å². The third-order valence-corrected chi connectivity index (χ3v) is 3.31. The molecule has 5 nitrogen and oxygen atoms in total. The van der Waals surface area contributed by atoms with Crippen LogP contribution in [-0.2, 0) is 18.3 Å². The fourth-order valence-electron chi connectivity index (χ4n) is 2.29. The van der Waals surface area contributed by atoms with E-state index in [0.29, 0.717) is 12.6 Å². The van der Waals surface area contributed by atoms with Gasteiger partial charge in [0.1, 0.15) is 5.82 Å². The van der Waals surface area contributed by atoms with Gasteiger partial charge in [-0.2, -0.15) is 0 Å². The lowest BCUT2D eigenvalue weighted by Gasteiger charge is -2.20. The summed E-state index contributed by atoms with van der Waals surface area (Å²) in [5.41, 5.74) is 5.60. The smallest absolute Gasteiger partial charge is 0.122 e. The number of aromatic nitrogens is 2. The van der Waals surface area contributed by atoms with Gasteiger partial charge in [-0.1, -0.05) is 0 Å². The molecule has 1 aromatic heterocycles. The Morgan fingerprint density at radius 2 is 2.29 bits per heavy atom. The molecule has 2 rings (SSSR count). The molecule has 2 N–H and O–H groups in total. The molecular weight excluding hydrogens is 216 g/mol. The molecule has 0 aromatic carbocycles. The zero-order valence-corrected chi connectivity index (χ0v) is 10.7. The average Bonchev–Trinajstić information content (AvgIpc) is 2.89. The van der Waals surface area contributed by atoms with Crippen LogP contribution >= 0.6 is 0 Å². The number of imidazole rings is 1. The molecule has 2 unspecified atom stereocenters. The van der Waals surface area contributed by atoms with E-state index in [2.05, 4.69) is 21.5 Å².